The van der Waals surface area contributed by atoms with Crippen molar-refractivity contribution < 1.29 is 24.3 Å². The summed E-state index contributed by atoms with van der Waals surface area (Å²) in [6.45, 7) is 3.86. The third kappa shape index (κ3) is 9.37. The van der Waals surface area contributed by atoms with Gasteiger partial charge < -0.3 is 32.5 Å². The standard InChI is InChI=1S/C30H41N5O5/c1-18(2)14-25(27(32)37)34-30(40)26(16-19-6-4-3-5-7-19)35-28(38)21-10-11-22(17-21)33-29(39)24(31)15-20-8-12-23(36)13-9-20/h3-9,12-13,18,21-22,24-26,36H,10-11,14-17,31H2,1-2H3,(H2,32,37)(H,33,39)(H,34,40)(H,35,38). The molecule has 0 radical (unpaired) electrons. The Kier molecular flexibility index (Phi) is 11.1. The lowest BCUT2D eigenvalue weighted by atomic mass is 10.00. The third-order valence-corrected chi connectivity index (χ3v) is 7.16. The van der Waals surface area contributed by atoms with Crippen LogP contribution in [0.15, 0.2) is 54.6 Å². The molecule has 5 atom stereocenters. The van der Waals surface area contributed by atoms with Crippen molar-refractivity contribution in [3.05, 3.63) is 65.7 Å². The van der Waals surface area contributed by atoms with E-state index in [2.05, 4.69) is 16.0 Å². The van der Waals surface area contributed by atoms with E-state index in [-0.39, 0.29) is 41.9 Å². The van der Waals surface area contributed by atoms with Gasteiger partial charge in [0.1, 0.15) is 17.8 Å². The first-order valence-corrected chi connectivity index (χ1v) is 13.8. The number of carbonyl (C=O) groups is 4. The number of hydrogen-bond acceptors (Lipinski definition) is 6. The fourth-order valence-corrected chi connectivity index (χ4v) is 4.98. The van der Waals surface area contributed by atoms with Crippen LogP contribution in [-0.4, -0.2) is 52.9 Å². The van der Waals surface area contributed by atoms with Gasteiger partial charge in [0.2, 0.25) is 23.6 Å². The smallest absolute Gasteiger partial charge is 0.243 e. The van der Waals surface area contributed by atoms with E-state index in [1.165, 1.54) is 0 Å². The highest BCUT2D eigenvalue weighted by Crippen LogP contribution is 2.26. The largest absolute Gasteiger partial charge is 0.508 e. The minimum absolute atomic E-state index is 0.139. The quantitative estimate of drug-likeness (QED) is 0.218. The van der Waals surface area contributed by atoms with Crippen LogP contribution in [0.3, 0.4) is 0 Å². The maximum Gasteiger partial charge on any atom is 0.243 e. The van der Waals surface area contributed by atoms with E-state index < -0.39 is 29.9 Å². The van der Waals surface area contributed by atoms with Crippen LogP contribution in [-0.2, 0) is 32.0 Å². The minimum Gasteiger partial charge on any atom is -0.508 e. The summed E-state index contributed by atoms with van der Waals surface area (Å²) < 4.78 is 0. The SMILES string of the molecule is CC(C)CC(NC(=O)C(Cc1ccccc1)NC(=O)C1CCC(NC(=O)C(N)Cc2ccc(O)cc2)C1)C(N)=O. The number of hydrogen-bond donors (Lipinski definition) is 6. The first-order chi connectivity index (χ1) is 19.0. The van der Waals surface area contributed by atoms with Gasteiger partial charge in [-0.25, -0.2) is 0 Å². The Hall–Kier alpha value is -3.92. The van der Waals surface area contributed by atoms with Crippen molar-refractivity contribution in [3.63, 3.8) is 0 Å². The van der Waals surface area contributed by atoms with E-state index in [1.807, 2.05) is 44.2 Å². The van der Waals surface area contributed by atoms with E-state index in [4.69, 9.17) is 11.5 Å². The Morgan fingerprint density at radius 2 is 1.52 bits per heavy atom. The summed E-state index contributed by atoms with van der Waals surface area (Å²) in [5, 5.41) is 18.0. The summed E-state index contributed by atoms with van der Waals surface area (Å²) in [5.74, 6) is -1.77. The molecule has 1 fully saturated rings. The summed E-state index contributed by atoms with van der Waals surface area (Å²) in [6, 6.07) is 13.1. The Morgan fingerprint density at radius 3 is 2.15 bits per heavy atom. The zero-order valence-corrected chi connectivity index (χ0v) is 23.1. The Morgan fingerprint density at radius 1 is 0.875 bits per heavy atom. The molecule has 0 saturated heterocycles. The van der Waals surface area contributed by atoms with Crippen LogP contribution in [0.2, 0.25) is 0 Å². The molecule has 8 N–H and O–H groups in total. The second-order valence-electron chi connectivity index (χ2n) is 11.0. The lowest BCUT2D eigenvalue weighted by Gasteiger charge is -2.24. The first kappa shape index (κ1) is 30.6. The van der Waals surface area contributed by atoms with Crippen molar-refractivity contribution in [2.24, 2.45) is 23.3 Å². The Bertz CT molecular complexity index is 1150. The van der Waals surface area contributed by atoms with Crippen LogP contribution >= 0.6 is 0 Å². The normalized spacial score (nSPS) is 18.9. The minimum atomic E-state index is -0.892. The van der Waals surface area contributed by atoms with E-state index in [9.17, 15) is 24.3 Å². The molecule has 2 aromatic carbocycles. The predicted octanol–water partition coefficient (Wildman–Crippen LogP) is 1.29. The van der Waals surface area contributed by atoms with Gasteiger partial charge >= 0.3 is 0 Å². The van der Waals surface area contributed by atoms with Crippen molar-refractivity contribution in [1.82, 2.24) is 16.0 Å². The fraction of sp³-hybridized carbons (Fsp3) is 0.467. The van der Waals surface area contributed by atoms with Gasteiger partial charge in [-0.05, 0) is 61.3 Å². The number of nitrogens with two attached hydrogens (primary N) is 2. The summed E-state index contributed by atoms with van der Waals surface area (Å²) in [7, 11) is 0. The number of rotatable bonds is 13. The number of amides is 4. The van der Waals surface area contributed by atoms with E-state index in [1.54, 1.807) is 24.3 Å². The molecule has 0 heterocycles. The van der Waals surface area contributed by atoms with Crippen LogP contribution in [0.25, 0.3) is 0 Å². The summed E-state index contributed by atoms with van der Waals surface area (Å²) in [6.07, 6.45) is 2.57. The molecule has 40 heavy (non-hydrogen) atoms. The van der Waals surface area contributed by atoms with Crippen molar-refractivity contribution in [3.8, 4) is 5.75 Å². The molecule has 0 aliphatic heterocycles. The zero-order chi connectivity index (χ0) is 29.2. The molecule has 1 saturated carbocycles. The van der Waals surface area contributed by atoms with Gasteiger partial charge in [0.25, 0.3) is 0 Å². The van der Waals surface area contributed by atoms with Crippen molar-refractivity contribution in [2.75, 3.05) is 0 Å². The maximum atomic E-state index is 13.2. The molecule has 10 nitrogen and oxygen atoms in total. The highest BCUT2D eigenvalue weighted by molar-refractivity contribution is 5.92. The van der Waals surface area contributed by atoms with Crippen LogP contribution in [0.1, 0.15) is 50.7 Å². The maximum absolute atomic E-state index is 13.2. The number of primary amides is 1. The Labute approximate surface area is 235 Å². The molecular weight excluding hydrogens is 510 g/mol. The molecule has 1 aliphatic carbocycles. The van der Waals surface area contributed by atoms with Crippen molar-refractivity contribution in [1.29, 1.82) is 0 Å². The number of carbonyl (C=O) groups excluding carboxylic acids is 4. The molecule has 216 valence electrons. The van der Waals surface area contributed by atoms with Crippen molar-refractivity contribution in [2.45, 2.75) is 76.5 Å². The molecule has 0 aromatic heterocycles. The molecule has 0 bridgehead atoms. The van der Waals surface area contributed by atoms with Gasteiger partial charge in [-0.1, -0.05) is 56.3 Å². The van der Waals surface area contributed by atoms with Crippen LogP contribution in [0, 0.1) is 11.8 Å². The molecule has 5 unspecified atom stereocenters. The van der Waals surface area contributed by atoms with Crippen LogP contribution in [0.5, 0.6) is 5.75 Å². The monoisotopic (exact) mass is 551 g/mol. The van der Waals surface area contributed by atoms with Gasteiger partial charge in [-0.15, -0.1) is 0 Å². The number of aromatic hydroxyl groups is 1. The van der Waals surface area contributed by atoms with Crippen LogP contribution < -0.4 is 27.4 Å². The lowest BCUT2D eigenvalue weighted by Crippen LogP contribution is -2.54. The molecular formula is C30H41N5O5. The number of benzene rings is 2. The molecule has 10 heteroatoms. The number of nitrogens with one attached hydrogen (secondary N) is 3. The fourth-order valence-electron chi connectivity index (χ4n) is 4.98. The van der Waals surface area contributed by atoms with Gasteiger partial charge in [0.05, 0.1) is 6.04 Å². The van der Waals surface area contributed by atoms with Crippen LogP contribution in [0.4, 0.5) is 0 Å². The molecule has 2 aromatic rings. The van der Waals surface area contributed by atoms with Gasteiger partial charge in [-0.2, -0.15) is 0 Å². The van der Waals surface area contributed by atoms with Gasteiger partial charge in [0.15, 0.2) is 0 Å². The lowest BCUT2D eigenvalue weighted by molar-refractivity contribution is -0.132. The topological polar surface area (TPSA) is 177 Å². The zero-order valence-electron chi connectivity index (χ0n) is 23.1. The van der Waals surface area contributed by atoms with E-state index in [0.29, 0.717) is 32.1 Å². The van der Waals surface area contributed by atoms with E-state index >= 15 is 0 Å². The summed E-state index contributed by atoms with van der Waals surface area (Å²) in [4.78, 5) is 51.1. The average Bonchev–Trinajstić information content (AvgIpc) is 3.38. The van der Waals surface area contributed by atoms with E-state index in [0.717, 1.165) is 11.1 Å². The first-order valence-electron chi connectivity index (χ1n) is 13.8. The molecule has 4 amide bonds. The molecule has 1 aliphatic rings. The van der Waals surface area contributed by atoms with Gasteiger partial charge in [-0.3, -0.25) is 19.2 Å². The Balaban J connectivity index is 1.59. The number of phenols is 1. The highest BCUT2D eigenvalue weighted by atomic mass is 16.3. The second-order valence-corrected chi connectivity index (χ2v) is 11.0. The molecule has 0 spiro atoms. The second kappa shape index (κ2) is 14.5. The third-order valence-electron chi connectivity index (χ3n) is 7.16. The molecule has 3 rings (SSSR count). The highest BCUT2D eigenvalue weighted by Gasteiger charge is 2.34. The predicted molar refractivity (Wildman–Crippen MR) is 152 cm³/mol. The van der Waals surface area contributed by atoms with Crippen molar-refractivity contribution >= 4 is 23.6 Å². The van der Waals surface area contributed by atoms with Gasteiger partial charge in [0, 0.05) is 18.4 Å². The summed E-state index contributed by atoms with van der Waals surface area (Å²) in [5.41, 5.74) is 13.3. The number of phenolic OH excluding ortho intramolecular Hbond substituents is 1. The summed E-state index contributed by atoms with van der Waals surface area (Å²) >= 11 is 0. The average molecular weight is 552 g/mol.